The third-order valence-electron chi connectivity index (χ3n) is 2.92. The van der Waals surface area contributed by atoms with Crippen LogP contribution in [-0.4, -0.2) is 18.4 Å². The van der Waals surface area contributed by atoms with Crippen LogP contribution in [0.2, 0.25) is 0 Å². The van der Waals surface area contributed by atoms with Crippen LogP contribution < -0.4 is 5.73 Å². The number of ketones is 1. The van der Waals surface area contributed by atoms with E-state index in [1.807, 2.05) is 19.9 Å². The largest absolute Gasteiger partial charge is 0.490 e. The lowest BCUT2D eigenvalue weighted by Crippen LogP contribution is -2.19. The van der Waals surface area contributed by atoms with Crippen molar-refractivity contribution in [2.75, 3.05) is 6.61 Å². The molecule has 0 saturated carbocycles. The summed E-state index contributed by atoms with van der Waals surface area (Å²) in [4.78, 5) is 11.9. The summed E-state index contributed by atoms with van der Waals surface area (Å²) in [6.45, 7) is 4.66. The van der Waals surface area contributed by atoms with E-state index < -0.39 is 0 Å². The van der Waals surface area contributed by atoms with Gasteiger partial charge in [-0.1, -0.05) is 13.3 Å². The van der Waals surface area contributed by atoms with E-state index in [1.165, 1.54) is 0 Å². The minimum Gasteiger partial charge on any atom is -0.490 e. The zero-order valence-corrected chi connectivity index (χ0v) is 10.4. The van der Waals surface area contributed by atoms with Gasteiger partial charge in [-0.2, -0.15) is 0 Å². The molecule has 0 saturated heterocycles. The molecule has 92 valence electrons. The molecule has 1 aliphatic heterocycles. The number of nitrogens with two attached hydrogens (primary N) is 1. The first-order valence-corrected chi connectivity index (χ1v) is 6.24. The maximum Gasteiger partial charge on any atom is 0.199 e. The summed E-state index contributed by atoms with van der Waals surface area (Å²) >= 11 is 0. The van der Waals surface area contributed by atoms with E-state index in [-0.39, 0.29) is 17.7 Å². The van der Waals surface area contributed by atoms with Crippen LogP contribution >= 0.6 is 0 Å². The third kappa shape index (κ3) is 4.35. The molecule has 0 bridgehead atoms. The Balaban J connectivity index is 2.32. The molecule has 1 rings (SSSR count). The Morgan fingerprint density at radius 3 is 2.81 bits per heavy atom. The van der Waals surface area contributed by atoms with Gasteiger partial charge in [-0.3, -0.25) is 4.79 Å². The van der Waals surface area contributed by atoms with Crippen LogP contribution in [0.5, 0.6) is 0 Å². The topological polar surface area (TPSA) is 52.3 Å². The molecule has 2 unspecified atom stereocenters. The SMILES string of the molecule is CC(N)CCCC(C)C(=O)C1=CCCCO1. The fourth-order valence-corrected chi connectivity index (χ4v) is 1.85. The van der Waals surface area contributed by atoms with Crippen LogP contribution in [0.15, 0.2) is 11.8 Å². The first-order valence-electron chi connectivity index (χ1n) is 6.24. The molecule has 16 heavy (non-hydrogen) atoms. The lowest BCUT2D eigenvalue weighted by Gasteiger charge is -2.17. The molecular formula is C13H23NO2. The van der Waals surface area contributed by atoms with E-state index in [1.54, 1.807) is 0 Å². The Morgan fingerprint density at radius 1 is 1.50 bits per heavy atom. The molecule has 0 aromatic rings. The van der Waals surface area contributed by atoms with Crippen molar-refractivity contribution in [2.24, 2.45) is 11.7 Å². The summed E-state index contributed by atoms with van der Waals surface area (Å²) in [6, 6.07) is 0.229. The highest BCUT2D eigenvalue weighted by molar-refractivity contribution is 5.95. The summed E-state index contributed by atoms with van der Waals surface area (Å²) < 4.78 is 5.38. The first-order chi connectivity index (χ1) is 7.61. The van der Waals surface area contributed by atoms with E-state index in [4.69, 9.17) is 10.5 Å². The number of Topliss-reactive ketones (excluding diaryl/α,β-unsaturated/α-hetero) is 1. The van der Waals surface area contributed by atoms with E-state index in [0.29, 0.717) is 12.4 Å². The van der Waals surface area contributed by atoms with Crippen LogP contribution in [0, 0.1) is 5.92 Å². The standard InChI is InChI=1S/C13H23NO2/c1-10(6-5-7-11(2)14)13(15)12-8-3-4-9-16-12/h8,10-11H,3-7,9,14H2,1-2H3. The molecule has 0 aliphatic carbocycles. The fourth-order valence-electron chi connectivity index (χ4n) is 1.85. The van der Waals surface area contributed by atoms with Gasteiger partial charge in [0, 0.05) is 12.0 Å². The second-order valence-electron chi connectivity index (χ2n) is 4.73. The summed E-state index contributed by atoms with van der Waals surface area (Å²) in [6.07, 6.45) is 6.81. The number of rotatable bonds is 6. The minimum atomic E-state index is 0.0584. The molecule has 3 heteroatoms. The Bertz CT molecular complexity index is 259. The van der Waals surface area contributed by atoms with Crippen LogP contribution in [-0.2, 0) is 9.53 Å². The molecule has 0 aromatic carbocycles. The molecule has 0 fully saturated rings. The smallest absolute Gasteiger partial charge is 0.199 e. The maximum atomic E-state index is 11.9. The van der Waals surface area contributed by atoms with Crippen LogP contribution in [0.1, 0.15) is 46.0 Å². The molecule has 0 aromatic heterocycles. The number of carbonyl (C=O) groups is 1. The van der Waals surface area contributed by atoms with Gasteiger partial charge in [0.15, 0.2) is 11.5 Å². The van der Waals surface area contributed by atoms with Crippen molar-refractivity contribution in [1.29, 1.82) is 0 Å². The monoisotopic (exact) mass is 225 g/mol. The number of ether oxygens (including phenoxy) is 1. The predicted octanol–water partition coefficient (Wildman–Crippen LogP) is 2.40. The molecule has 0 amide bonds. The molecule has 0 radical (unpaired) electrons. The summed E-state index contributed by atoms with van der Waals surface area (Å²) in [5, 5.41) is 0. The number of allylic oxidation sites excluding steroid dienone is 2. The molecule has 2 N–H and O–H groups in total. The van der Waals surface area contributed by atoms with Crippen molar-refractivity contribution in [2.45, 2.75) is 52.0 Å². The lowest BCUT2D eigenvalue weighted by atomic mass is 9.96. The zero-order chi connectivity index (χ0) is 12.0. The van der Waals surface area contributed by atoms with Crippen molar-refractivity contribution in [1.82, 2.24) is 0 Å². The Morgan fingerprint density at radius 2 is 2.25 bits per heavy atom. The van der Waals surface area contributed by atoms with Gasteiger partial charge >= 0.3 is 0 Å². The van der Waals surface area contributed by atoms with Gasteiger partial charge in [0.05, 0.1) is 6.61 Å². The predicted molar refractivity (Wildman–Crippen MR) is 64.9 cm³/mol. The molecule has 3 nitrogen and oxygen atoms in total. The van der Waals surface area contributed by atoms with Gasteiger partial charge in [0.25, 0.3) is 0 Å². The highest BCUT2D eigenvalue weighted by Crippen LogP contribution is 2.18. The Labute approximate surface area is 98.0 Å². The van der Waals surface area contributed by atoms with Crippen molar-refractivity contribution in [3.05, 3.63) is 11.8 Å². The normalized spacial score (nSPS) is 19.6. The van der Waals surface area contributed by atoms with Crippen LogP contribution in [0.25, 0.3) is 0 Å². The second kappa shape index (κ2) is 6.69. The van der Waals surface area contributed by atoms with E-state index in [2.05, 4.69) is 0 Å². The maximum absolute atomic E-state index is 11.9. The average molecular weight is 225 g/mol. The van der Waals surface area contributed by atoms with Crippen molar-refractivity contribution >= 4 is 5.78 Å². The highest BCUT2D eigenvalue weighted by atomic mass is 16.5. The second-order valence-corrected chi connectivity index (χ2v) is 4.73. The van der Waals surface area contributed by atoms with E-state index >= 15 is 0 Å². The number of carbonyl (C=O) groups excluding carboxylic acids is 1. The van der Waals surface area contributed by atoms with Crippen molar-refractivity contribution in [3.63, 3.8) is 0 Å². The Hall–Kier alpha value is -0.830. The molecule has 2 atom stereocenters. The average Bonchev–Trinajstić information content (AvgIpc) is 2.28. The van der Waals surface area contributed by atoms with Crippen molar-refractivity contribution < 1.29 is 9.53 Å². The lowest BCUT2D eigenvalue weighted by molar-refractivity contribution is -0.122. The third-order valence-corrected chi connectivity index (χ3v) is 2.92. The summed E-state index contributed by atoms with van der Waals surface area (Å²) in [5.74, 6) is 0.798. The van der Waals surface area contributed by atoms with Gasteiger partial charge in [0.1, 0.15) is 0 Å². The zero-order valence-electron chi connectivity index (χ0n) is 10.4. The molecular weight excluding hydrogens is 202 g/mol. The Kier molecular flexibility index (Phi) is 5.53. The highest BCUT2D eigenvalue weighted by Gasteiger charge is 2.20. The quantitative estimate of drug-likeness (QED) is 0.755. The van der Waals surface area contributed by atoms with Gasteiger partial charge in [-0.15, -0.1) is 0 Å². The van der Waals surface area contributed by atoms with E-state index in [9.17, 15) is 4.79 Å². The van der Waals surface area contributed by atoms with Crippen LogP contribution in [0.3, 0.4) is 0 Å². The van der Waals surface area contributed by atoms with Crippen molar-refractivity contribution in [3.8, 4) is 0 Å². The first kappa shape index (κ1) is 13.2. The summed E-state index contributed by atoms with van der Waals surface area (Å²) in [5.41, 5.74) is 5.68. The van der Waals surface area contributed by atoms with Gasteiger partial charge in [-0.05, 0) is 38.7 Å². The molecule has 0 spiro atoms. The number of hydrogen-bond acceptors (Lipinski definition) is 3. The minimum absolute atomic E-state index is 0.0584. The number of hydrogen-bond donors (Lipinski definition) is 1. The van der Waals surface area contributed by atoms with Crippen LogP contribution in [0.4, 0.5) is 0 Å². The van der Waals surface area contributed by atoms with Gasteiger partial charge < -0.3 is 10.5 Å². The molecule has 1 heterocycles. The van der Waals surface area contributed by atoms with Gasteiger partial charge in [-0.25, -0.2) is 0 Å². The van der Waals surface area contributed by atoms with Gasteiger partial charge in [0.2, 0.25) is 0 Å². The fraction of sp³-hybridized carbons (Fsp3) is 0.769. The molecule has 1 aliphatic rings. The summed E-state index contributed by atoms with van der Waals surface area (Å²) in [7, 11) is 0. The van der Waals surface area contributed by atoms with E-state index in [0.717, 1.165) is 32.1 Å².